The van der Waals surface area contributed by atoms with E-state index in [-0.39, 0.29) is 29.6 Å². The molecule has 4 atom stereocenters. The summed E-state index contributed by atoms with van der Waals surface area (Å²) >= 11 is 0. The number of aliphatic hydroxyl groups is 2. The van der Waals surface area contributed by atoms with Crippen molar-refractivity contribution in [2.45, 2.75) is 31.3 Å². The summed E-state index contributed by atoms with van der Waals surface area (Å²) in [7, 11) is 0. The first-order valence-electron chi connectivity index (χ1n) is 3.26. The van der Waals surface area contributed by atoms with E-state index in [1.807, 2.05) is 0 Å². The predicted octanol–water partition coefficient (Wildman–Crippen LogP) is -5.14. The van der Waals surface area contributed by atoms with Crippen molar-refractivity contribution < 1.29 is 49.6 Å². The van der Waals surface area contributed by atoms with E-state index in [0.717, 1.165) is 0 Å². The van der Waals surface area contributed by atoms with Gasteiger partial charge in [0, 0.05) is 0 Å². The Morgan fingerprint density at radius 2 is 1.91 bits per heavy atom. The molecule has 1 aliphatic rings. The first kappa shape index (κ1) is 11.8. The zero-order valence-electron chi connectivity index (χ0n) is 6.73. The van der Waals surface area contributed by atoms with Gasteiger partial charge in [-0.05, 0) is 6.92 Å². The molecule has 11 heavy (non-hydrogen) atoms. The molecule has 0 amide bonds. The van der Waals surface area contributed by atoms with Crippen molar-refractivity contribution in [1.29, 1.82) is 0 Å². The van der Waals surface area contributed by atoms with Crippen molar-refractivity contribution >= 4 is 0 Å². The second kappa shape index (κ2) is 4.77. The average Bonchev–Trinajstić information content (AvgIpc) is 2.17. The van der Waals surface area contributed by atoms with Gasteiger partial charge in [-0.1, -0.05) is 0 Å². The van der Waals surface area contributed by atoms with Crippen LogP contribution in [0.3, 0.4) is 0 Å². The number of hydrogen-bond acceptors (Lipinski definition) is 4. The normalized spacial score (nSPS) is 43.6. The number of aliphatic hydroxyl groups excluding tert-OH is 2. The Morgan fingerprint density at radius 1 is 1.36 bits per heavy atom. The summed E-state index contributed by atoms with van der Waals surface area (Å²) < 4.78 is 4.92. The largest absolute Gasteiger partial charge is 1.00 e. The summed E-state index contributed by atoms with van der Waals surface area (Å²) in [6.07, 6.45) is -3.06. The van der Waals surface area contributed by atoms with Crippen molar-refractivity contribution in [3.8, 4) is 0 Å². The minimum absolute atomic E-state index is 0. The first-order chi connectivity index (χ1) is 4.66. The van der Waals surface area contributed by atoms with Crippen molar-refractivity contribution in [2.75, 3.05) is 6.61 Å². The van der Waals surface area contributed by atoms with E-state index in [4.69, 9.17) is 14.9 Å². The molecule has 0 spiro atoms. The third kappa shape index (κ3) is 2.39. The monoisotopic (exact) mass is 170 g/mol. The second-order valence-corrected chi connectivity index (χ2v) is 2.53. The zero-order chi connectivity index (χ0) is 7.72. The average molecular weight is 170 g/mol. The molecule has 1 saturated heterocycles. The molecule has 0 aliphatic carbocycles. The fraction of sp³-hybridized carbons (Fsp3) is 1.00. The molecule has 1 unspecified atom stereocenters. The van der Waals surface area contributed by atoms with Gasteiger partial charge in [-0.3, -0.25) is 0 Å². The molecule has 0 aromatic heterocycles. The van der Waals surface area contributed by atoms with Gasteiger partial charge in [0.2, 0.25) is 0 Å². The van der Waals surface area contributed by atoms with Crippen LogP contribution < -0.4 is 34.7 Å². The van der Waals surface area contributed by atoms with Crippen LogP contribution in [0.25, 0.3) is 0 Å². The van der Waals surface area contributed by atoms with Crippen molar-refractivity contribution in [2.24, 2.45) is 0 Å². The molecular formula is C6H11NaO4. The van der Waals surface area contributed by atoms with Crippen LogP contribution in [0.5, 0.6) is 0 Å². The molecular weight excluding hydrogens is 159 g/mol. The topological polar surface area (TPSA) is 72.8 Å². The Bertz CT molecular complexity index is 121. The molecule has 4 nitrogen and oxygen atoms in total. The van der Waals surface area contributed by atoms with Gasteiger partial charge in [0.05, 0.1) is 12.2 Å². The Balaban J connectivity index is 0.000001000. The molecule has 0 saturated carbocycles. The molecule has 0 radical (unpaired) electrons. The summed E-state index contributed by atoms with van der Waals surface area (Å²) in [5.41, 5.74) is 0. The maximum atomic E-state index is 10.2. The van der Waals surface area contributed by atoms with Crippen LogP contribution >= 0.6 is 0 Å². The Labute approximate surface area is 87.5 Å². The summed E-state index contributed by atoms with van der Waals surface area (Å²) in [4.78, 5) is 0. The Morgan fingerprint density at radius 3 is 2.09 bits per heavy atom. The van der Waals surface area contributed by atoms with Gasteiger partial charge < -0.3 is 20.1 Å². The van der Waals surface area contributed by atoms with Gasteiger partial charge in [0.15, 0.2) is 0 Å². The van der Waals surface area contributed by atoms with Gasteiger partial charge in [-0.25, -0.2) is 0 Å². The van der Waals surface area contributed by atoms with Crippen LogP contribution in [-0.2, 0) is 4.74 Å². The third-order valence-electron chi connectivity index (χ3n) is 1.77. The Kier molecular flexibility index (Phi) is 5.13. The summed E-state index contributed by atoms with van der Waals surface area (Å²) in [6.45, 7) is 1.13. The van der Waals surface area contributed by atoms with Crippen LogP contribution in [0.15, 0.2) is 0 Å². The van der Waals surface area contributed by atoms with Gasteiger partial charge in [-0.2, -0.15) is 0 Å². The van der Waals surface area contributed by atoms with Crippen LogP contribution in [-0.4, -0.2) is 41.2 Å². The van der Waals surface area contributed by atoms with Gasteiger partial charge in [0.1, 0.15) is 12.2 Å². The molecule has 1 rings (SSSR count). The van der Waals surface area contributed by atoms with Gasteiger partial charge in [0.25, 0.3) is 0 Å². The van der Waals surface area contributed by atoms with E-state index in [2.05, 4.69) is 0 Å². The molecule has 1 heterocycles. The smallest absolute Gasteiger partial charge is 0.853 e. The zero-order valence-corrected chi connectivity index (χ0v) is 8.73. The van der Waals surface area contributed by atoms with Crippen LogP contribution in [0, 0.1) is 0 Å². The fourth-order valence-corrected chi connectivity index (χ4v) is 1.07. The molecule has 1 fully saturated rings. The van der Waals surface area contributed by atoms with Crippen molar-refractivity contribution in [3.05, 3.63) is 0 Å². The van der Waals surface area contributed by atoms with Gasteiger partial charge >= 0.3 is 29.6 Å². The van der Waals surface area contributed by atoms with Crippen molar-refractivity contribution in [1.82, 2.24) is 0 Å². The molecule has 5 heteroatoms. The second-order valence-electron chi connectivity index (χ2n) is 2.53. The van der Waals surface area contributed by atoms with E-state index in [1.54, 1.807) is 6.92 Å². The SMILES string of the molecule is C[C@H]1O[C@@H](C[O-])C(O)[C@H]1O.[Na+]. The minimum Gasteiger partial charge on any atom is -0.853 e. The van der Waals surface area contributed by atoms with Crippen molar-refractivity contribution in [3.63, 3.8) is 0 Å². The summed E-state index contributed by atoms with van der Waals surface area (Å²) in [5, 5.41) is 28.3. The predicted molar refractivity (Wildman–Crippen MR) is 31.2 cm³/mol. The third-order valence-corrected chi connectivity index (χ3v) is 1.77. The number of ether oxygens (including phenoxy) is 1. The molecule has 60 valence electrons. The van der Waals surface area contributed by atoms with E-state index in [9.17, 15) is 5.11 Å². The van der Waals surface area contributed by atoms with Gasteiger partial charge in [-0.15, -0.1) is 6.61 Å². The summed E-state index contributed by atoms with van der Waals surface area (Å²) in [6, 6.07) is 0. The fourth-order valence-electron chi connectivity index (χ4n) is 1.07. The van der Waals surface area contributed by atoms with Crippen LogP contribution in [0.1, 0.15) is 6.92 Å². The van der Waals surface area contributed by atoms with E-state index in [0.29, 0.717) is 0 Å². The molecule has 1 aliphatic heterocycles. The number of rotatable bonds is 1. The molecule has 0 bridgehead atoms. The van der Waals surface area contributed by atoms with Crippen LogP contribution in [0.2, 0.25) is 0 Å². The Hall–Kier alpha value is 0.840. The molecule has 0 aromatic carbocycles. The van der Waals surface area contributed by atoms with E-state index >= 15 is 0 Å². The summed E-state index contributed by atoms with van der Waals surface area (Å²) in [5.74, 6) is 0. The maximum absolute atomic E-state index is 10.2. The van der Waals surface area contributed by atoms with E-state index in [1.165, 1.54) is 0 Å². The van der Waals surface area contributed by atoms with Crippen LogP contribution in [0.4, 0.5) is 0 Å². The molecule has 0 aromatic rings. The molecule has 2 N–H and O–H groups in total. The quantitative estimate of drug-likeness (QED) is 0.386. The van der Waals surface area contributed by atoms with E-state index < -0.39 is 31.0 Å². The number of hydrogen-bond donors (Lipinski definition) is 2. The minimum atomic E-state index is -1.01. The first-order valence-corrected chi connectivity index (χ1v) is 3.26. The maximum Gasteiger partial charge on any atom is 1.00 e. The standard InChI is InChI=1S/C6H11O4.Na/c1-3-5(8)6(9)4(2-7)10-3;/h3-6,8-9H,2H2,1H3;/q-1;+1/t3-,4+,5+,6?;/m1./s1.